The molecule has 0 amide bonds. The smallest absolute Gasteiger partial charge is 0.0279 e. The minimum Gasteiger partial charge on any atom is -0.265 e. The lowest BCUT2D eigenvalue weighted by atomic mass is 10.3. The lowest BCUT2D eigenvalue weighted by Crippen LogP contribution is -1.73. The molecule has 1 rings (SSSR count). The number of nitrogens with zero attached hydrogens (tertiary/aromatic N) is 1. The highest BCUT2D eigenvalue weighted by atomic mass is 32.2. The number of allylic oxidation sites excluding steroid dienone is 5. The van der Waals surface area contributed by atoms with E-state index in [1.54, 1.807) is 24.2 Å². The van der Waals surface area contributed by atoms with Gasteiger partial charge in [-0.05, 0) is 30.9 Å². The summed E-state index contributed by atoms with van der Waals surface area (Å²) in [6, 6.07) is 4.01. The van der Waals surface area contributed by atoms with Crippen LogP contribution in [0.5, 0.6) is 0 Å². The second kappa shape index (κ2) is 6.25. The van der Waals surface area contributed by atoms with Crippen LogP contribution in [0.3, 0.4) is 0 Å². The normalized spacial score (nSPS) is 12.7. The number of hydrogen-bond donors (Lipinski definition) is 0. The van der Waals surface area contributed by atoms with Gasteiger partial charge in [0, 0.05) is 17.3 Å². The van der Waals surface area contributed by atoms with Crippen molar-refractivity contribution in [3.8, 4) is 0 Å². The summed E-state index contributed by atoms with van der Waals surface area (Å²) in [6.07, 6.45) is 9.63. The Labute approximate surface area is 95.6 Å². The maximum atomic E-state index is 3.98. The van der Waals surface area contributed by atoms with Crippen molar-refractivity contribution >= 4 is 11.8 Å². The Morgan fingerprint density at radius 3 is 2.53 bits per heavy atom. The summed E-state index contributed by atoms with van der Waals surface area (Å²) in [5.41, 5.74) is 1.17. The van der Waals surface area contributed by atoms with Crippen LogP contribution in [-0.2, 0) is 0 Å². The molecule has 0 spiro atoms. The zero-order valence-electron chi connectivity index (χ0n) is 9.10. The zero-order chi connectivity index (χ0) is 11.1. The first-order chi connectivity index (χ1) is 7.22. The van der Waals surface area contributed by atoms with Crippen molar-refractivity contribution in [2.24, 2.45) is 0 Å². The van der Waals surface area contributed by atoms with Crippen molar-refractivity contribution in [2.75, 3.05) is 0 Å². The highest BCUT2D eigenvalue weighted by molar-refractivity contribution is 8.03. The van der Waals surface area contributed by atoms with E-state index in [-0.39, 0.29) is 0 Å². The van der Waals surface area contributed by atoms with E-state index in [0.717, 1.165) is 0 Å². The SMILES string of the molecule is C=C/C(C)=C\C=C(/C)Sc1ccncc1. The second-order valence-electron chi connectivity index (χ2n) is 3.18. The molecule has 0 aliphatic carbocycles. The molecule has 0 aromatic carbocycles. The standard InChI is InChI=1S/C13H15NS/c1-4-11(2)5-6-12(3)15-13-7-9-14-10-8-13/h4-10H,1H2,2-3H3/b11-5-,12-6+. The molecular formula is C13H15NS. The van der Waals surface area contributed by atoms with Crippen LogP contribution in [0, 0.1) is 0 Å². The van der Waals surface area contributed by atoms with E-state index in [2.05, 4.69) is 30.6 Å². The lowest BCUT2D eigenvalue weighted by Gasteiger charge is -1.99. The minimum absolute atomic E-state index is 1.17. The van der Waals surface area contributed by atoms with Crippen LogP contribution in [-0.4, -0.2) is 4.98 Å². The van der Waals surface area contributed by atoms with Crippen molar-refractivity contribution in [1.82, 2.24) is 4.98 Å². The van der Waals surface area contributed by atoms with Crippen LogP contribution in [0.25, 0.3) is 0 Å². The largest absolute Gasteiger partial charge is 0.265 e. The van der Waals surface area contributed by atoms with Crippen LogP contribution < -0.4 is 0 Å². The molecule has 0 aliphatic rings. The van der Waals surface area contributed by atoms with E-state index in [0.29, 0.717) is 0 Å². The molecular weight excluding hydrogens is 202 g/mol. The van der Waals surface area contributed by atoms with Gasteiger partial charge in [-0.1, -0.05) is 42.1 Å². The Morgan fingerprint density at radius 1 is 1.27 bits per heavy atom. The molecule has 15 heavy (non-hydrogen) atoms. The number of rotatable bonds is 4. The van der Waals surface area contributed by atoms with E-state index in [1.165, 1.54) is 15.4 Å². The van der Waals surface area contributed by atoms with Gasteiger partial charge in [-0.3, -0.25) is 4.98 Å². The van der Waals surface area contributed by atoms with Gasteiger partial charge >= 0.3 is 0 Å². The Hall–Kier alpha value is -1.28. The maximum absolute atomic E-state index is 3.98. The van der Waals surface area contributed by atoms with Gasteiger partial charge in [0.1, 0.15) is 0 Å². The fourth-order valence-corrected chi connectivity index (χ4v) is 1.71. The Balaban J connectivity index is 2.63. The molecule has 0 atom stereocenters. The van der Waals surface area contributed by atoms with E-state index in [4.69, 9.17) is 0 Å². The average Bonchev–Trinajstić information content (AvgIpc) is 2.27. The molecule has 2 heteroatoms. The van der Waals surface area contributed by atoms with Crippen molar-refractivity contribution < 1.29 is 0 Å². The summed E-state index contributed by atoms with van der Waals surface area (Å²) in [6.45, 7) is 7.84. The summed E-state index contributed by atoms with van der Waals surface area (Å²) < 4.78 is 0. The van der Waals surface area contributed by atoms with Crippen LogP contribution in [0.4, 0.5) is 0 Å². The molecule has 78 valence electrons. The summed E-state index contributed by atoms with van der Waals surface area (Å²) in [4.78, 5) is 6.45. The highest BCUT2D eigenvalue weighted by Gasteiger charge is 1.93. The first-order valence-electron chi connectivity index (χ1n) is 4.78. The van der Waals surface area contributed by atoms with Crippen LogP contribution in [0.1, 0.15) is 13.8 Å². The second-order valence-corrected chi connectivity index (χ2v) is 4.50. The van der Waals surface area contributed by atoms with Gasteiger partial charge in [0.2, 0.25) is 0 Å². The third-order valence-corrected chi connectivity index (χ3v) is 2.80. The van der Waals surface area contributed by atoms with Crippen LogP contribution in [0.15, 0.2) is 64.7 Å². The van der Waals surface area contributed by atoms with Gasteiger partial charge in [0.05, 0.1) is 0 Å². The lowest BCUT2D eigenvalue weighted by molar-refractivity contribution is 1.26. The number of pyridine rings is 1. The Bertz CT molecular complexity index is 377. The van der Waals surface area contributed by atoms with Gasteiger partial charge in [0.15, 0.2) is 0 Å². The zero-order valence-corrected chi connectivity index (χ0v) is 9.92. The number of thioether (sulfide) groups is 1. The van der Waals surface area contributed by atoms with Gasteiger partial charge in [-0.15, -0.1) is 0 Å². The van der Waals surface area contributed by atoms with E-state index in [1.807, 2.05) is 25.1 Å². The summed E-state index contributed by atoms with van der Waals surface area (Å²) in [5, 5.41) is 0. The highest BCUT2D eigenvalue weighted by Crippen LogP contribution is 2.25. The Morgan fingerprint density at radius 2 is 1.93 bits per heavy atom. The molecule has 1 heterocycles. The molecule has 0 bridgehead atoms. The molecule has 1 aromatic rings. The van der Waals surface area contributed by atoms with Gasteiger partial charge in [-0.2, -0.15) is 0 Å². The molecule has 0 radical (unpaired) electrons. The Kier molecular flexibility index (Phi) is 4.91. The van der Waals surface area contributed by atoms with Crippen molar-refractivity contribution in [3.63, 3.8) is 0 Å². The van der Waals surface area contributed by atoms with Crippen molar-refractivity contribution in [1.29, 1.82) is 0 Å². The maximum Gasteiger partial charge on any atom is 0.0279 e. The van der Waals surface area contributed by atoms with Crippen molar-refractivity contribution in [2.45, 2.75) is 18.7 Å². The van der Waals surface area contributed by atoms with E-state index in [9.17, 15) is 0 Å². The summed E-state index contributed by atoms with van der Waals surface area (Å²) >= 11 is 1.74. The fraction of sp³-hybridized carbons (Fsp3) is 0.154. The molecule has 0 saturated heterocycles. The van der Waals surface area contributed by atoms with Gasteiger partial charge in [-0.25, -0.2) is 0 Å². The van der Waals surface area contributed by atoms with E-state index >= 15 is 0 Å². The first-order valence-corrected chi connectivity index (χ1v) is 5.59. The number of hydrogen-bond acceptors (Lipinski definition) is 2. The predicted octanol–water partition coefficient (Wildman–Crippen LogP) is 4.21. The predicted molar refractivity (Wildman–Crippen MR) is 67.8 cm³/mol. The van der Waals surface area contributed by atoms with Crippen LogP contribution in [0.2, 0.25) is 0 Å². The molecule has 0 aliphatic heterocycles. The molecule has 1 aromatic heterocycles. The molecule has 0 unspecified atom stereocenters. The minimum atomic E-state index is 1.17. The summed E-state index contributed by atoms with van der Waals surface area (Å²) in [5.74, 6) is 0. The average molecular weight is 217 g/mol. The molecule has 0 saturated carbocycles. The van der Waals surface area contributed by atoms with Crippen LogP contribution >= 0.6 is 11.8 Å². The van der Waals surface area contributed by atoms with E-state index < -0.39 is 0 Å². The fourth-order valence-electron chi connectivity index (χ4n) is 0.943. The quantitative estimate of drug-likeness (QED) is 0.553. The number of aromatic nitrogens is 1. The molecule has 1 nitrogen and oxygen atoms in total. The van der Waals surface area contributed by atoms with Gasteiger partial charge in [0.25, 0.3) is 0 Å². The van der Waals surface area contributed by atoms with Gasteiger partial charge < -0.3 is 0 Å². The first kappa shape index (κ1) is 11.8. The molecule has 0 N–H and O–H groups in total. The third-order valence-electron chi connectivity index (χ3n) is 1.83. The third kappa shape index (κ3) is 4.66. The van der Waals surface area contributed by atoms with Crippen molar-refractivity contribution in [3.05, 3.63) is 59.8 Å². The summed E-state index contributed by atoms with van der Waals surface area (Å²) in [7, 11) is 0. The monoisotopic (exact) mass is 217 g/mol. The topological polar surface area (TPSA) is 12.9 Å². The molecule has 0 fully saturated rings.